The Morgan fingerprint density at radius 1 is 0.925 bits per heavy atom. The molecule has 2 amide bonds. The molecular weight excluding hydrogens is 528 g/mol. The minimum absolute atomic E-state index is 0.00775. The van der Waals surface area contributed by atoms with Gasteiger partial charge in [0, 0.05) is 22.4 Å². The molecule has 202 valence electrons. The SMILES string of the molecule is COc1cc(-c2cc(-c3ccccc3)nc(SCC(=O)Nc3ccc(C(N)=O)cc3)c2C#N)cc(OC)c1OC. The molecule has 0 aliphatic rings. The maximum atomic E-state index is 12.8. The van der Waals surface area contributed by atoms with E-state index in [1.165, 1.54) is 33.5 Å². The van der Waals surface area contributed by atoms with Crippen molar-refractivity contribution in [2.24, 2.45) is 5.73 Å². The molecule has 0 aliphatic heterocycles. The van der Waals surface area contributed by atoms with Gasteiger partial charge < -0.3 is 25.3 Å². The summed E-state index contributed by atoms with van der Waals surface area (Å²) in [5.74, 6) is 0.447. The van der Waals surface area contributed by atoms with E-state index in [1.807, 2.05) is 36.4 Å². The zero-order chi connectivity index (χ0) is 28.6. The van der Waals surface area contributed by atoms with E-state index in [9.17, 15) is 14.9 Å². The smallest absolute Gasteiger partial charge is 0.248 e. The number of rotatable bonds is 10. The van der Waals surface area contributed by atoms with Gasteiger partial charge in [0.25, 0.3) is 0 Å². The Bertz CT molecular complexity index is 1560. The van der Waals surface area contributed by atoms with Gasteiger partial charge in [-0.3, -0.25) is 9.59 Å². The van der Waals surface area contributed by atoms with Crippen LogP contribution >= 0.6 is 11.8 Å². The van der Waals surface area contributed by atoms with Crippen LogP contribution in [0.5, 0.6) is 17.2 Å². The van der Waals surface area contributed by atoms with Gasteiger partial charge >= 0.3 is 0 Å². The fourth-order valence-corrected chi connectivity index (χ4v) is 4.81. The van der Waals surface area contributed by atoms with Gasteiger partial charge in [0.1, 0.15) is 11.1 Å². The number of ether oxygens (including phenoxy) is 3. The highest BCUT2D eigenvalue weighted by Gasteiger charge is 2.21. The summed E-state index contributed by atoms with van der Waals surface area (Å²) in [6, 6.07) is 23.4. The fraction of sp³-hybridized carbons (Fsp3) is 0.133. The van der Waals surface area contributed by atoms with E-state index in [0.29, 0.717) is 55.9 Å². The normalized spacial score (nSPS) is 10.3. The lowest BCUT2D eigenvalue weighted by molar-refractivity contribution is -0.113. The van der Waals surface area contributed by atoms with Crippen molar-refractivity contribution >= 4 is 29.3 Å². The standard InChI is InChI=1S/C30H26N4O5S/c1-37-25-13-20(14-26(38-2)28(25)39-3)22-15-24(18-7-5-4-6-8-18)34-30(23(22)16-31)40-17-27(35)33-21-11-9-19(10-12-21)29(32)36/h4-15H,17H2,1-3H3,(H2,32,36)(H,33,35). The van der Waals surface area contributed by atoms with Gasteiger partial charge in [-0.05, 0) is 48.0 Å². The molecule has 1 heterocycles. The lowest BCUT2D eigenvalue weighted by atomic mass is 9.98. The van der Waals surface area contributed by atoms with Gasteiger partial charge in [0.05, 0.1) is 38.3 Å². The number of thioether (sulfide) groups is 1. The van der Waals surface area contributed by atoms with Gasteiger partial charge in [-0.25, -0.2) is 4.98 Å². The maximum Gasteiger partial charge on any atom is 0.248 e. The van der Waals surface area contributed by atoms with Crippen LogP contribution in [0.1, 0.15) is 15.9 Å². The first kappa shape index (κ1) is 28.0. The highest BCUT2D eigenvalue weighted by atomic mass is 32.2. The molecular formula is C30H26N4O5S. The number of carbonyl (C=O) groups is 2. The Balaban J connectivity index is 1.73. The van der Waals surface area contributed by atoms with E-state index < -0.39 is 5.91 Å². The second-order valence-electron chi connectivity index (χ2n) is 8.41. The van der Waals surface area contributed by atoms with Crippen molar-refractivity contribution < 1.29 is 23.8 Å². The lowest BCUT2D eigenvalue weighted by Gasteiger charge is -2.16. The highest BCUT2D eigenvalue weighted by Crippen LogP contribution is 2.43. The molecule has 3 aromatic carbocycles. The largest absolute Gasteiger partial charge is 0.493 e. The van der Waals surface area contributed by atoms with E-state index in [2.05, 4.69) is 11.4 Å². The maximum absolute atomic E-state index is 12.8. The van der Waals surface area contributed by atoms with Crippen LogP contribution in [0.15, 0.2) is 77.8 Å². The van der Waals surface area contributed by atoms with E-state index >= 15 is 0 Å². The molecule has 1 aromatic heterocycles. The van der Waals surface area contributed by atoms with Crippen LogP contribution < -0.4 is 25.3 Å². The zero-order valence-corrected chi connectivity index (χ0v) is 22.9. The molecule has 10 heteroatoms. The summed E-state index contributed by atoms with van der Waals surface area (Å²) in [4.78, 5) is 28.8. The number of nitrogens with two attached hydrogens (primary N) is 1. The first-order chi connectivity index (χ1) is 19.4. The van der Waals surface area contributed by atoms with Gasteiger partial charge in [0.15, 0.2) is 11.5 Å². The number of carbonyl (C=O) groups excluding carboxylic acids is 2. The van der Waals surface area contributed by atoms with Crippen molar-refractivity contribution in [3.8, 4) is 45.7 Å². The van der Waals surface area contributed by atoms with Crippen LogP contribution in [0.3, 0.4) is 0 Å². The third-order valence-electron chi connectivity index (χ3n) is 5.94. The molecule has 0 unspecified atom stereocenters. The Morgan fingerprint density at radius 3 is 2.12 bits per heavy atom. The third-order valence-corrected chi connectivity index (χ3v) is 6.91. The van der Waals surface area contributed by atoms with Gasteiger partial charge in [-0.15, -0.1) is 0 Å². The summed E-state index contributed by atoms with van der Waals surface area (Å²) in [6.45, 7) is 0. The number of pyridine rings is 1. The van der Waals surface area contributed by atoms with Gasteiger partial charge in [0.2, 0.25) is 17.6 Å². The van der Waals surface area contributed by atoms with Crippen molar-refractivity contribution in [3.05, 3.63) is 83.9 Å². The number of primary amides is 1. The van der Waals surface area contributed by atoms with E-state index in [4.69, 9.17) is 24.9 Å². The van der Waals surface area contributed by atoms with Crippen molar-refractivity contribution in [1.82, 2.24) is 4.98 Å². The highest BCUT2D eigenvalue weighted by molar-refractivity contribution is 8.00. The minimum atomic E-state index is -0.551. The average Bonchev–Trinajstić information content (AvgIpc) is 2.99. The van der Waals surface area contributed by atoms with Crippen LogP contribution in [0.2, 0.25) is 0 Å². The van der Waals surface area contributed by atoms with Crippen molar-refractivity contribution in [1.29, 1.82) is 5.26 Å². The summed E-state index contributed by atoms with van der Waals surface area (Å²) in [6.07, 6.45) is 0. The summed E-state index contributed by atoms with van der Waals surface area (Å²) >= 11 is 1.15. The van der Waals surface area contributed by atoms with E-state index in [0.717, 1.165) is 17.3 Å². The molecule has 0 saturated carbocycles. The number of amides is 2. The average molecular weight is 555 g/mol. The number of aromatic nitrogens is 1. The molecule has 0 saturated heterocycles. The zero-order valence-electron chi connectivity index (χ0n) is 22.1. The van der Waals surface area contributed by atoms with Crippen LogP contribution in [0.25, 0.3) is 22.4 Å². The molecule has 3 N–H and O–H groups in total. The second kappa shape index (κ2) is 12.7. The minimum Gasteiger partial charge on any atom is -0.493 e. The third kappa shape index (κ3) is 6.17. The number of methoxy groups -OCH3 is 3. The number of hydrogen-bond donors (Lipinski definition) is 2. The predicted molar refractivity (Wildman–Crippen MR) is 154 cm³/mol. The number of nitrogens with zero attached hydrogens (tertiary/aromatic N) is 2. The fourth-order valence-electron chi connectivity index (χ4n) is 4.00. The molecule has 0 spiro atoms. The van der Waals surface area contributed by atoms with Crippen LogP contribution in [-0.2, 0) is 4.79 Å². The molecule has 0 atom stereocenters. The second-order valence-corrected chi connectivity index (χ2v) is 9.37. The number of nitriles is 1. The van der Waals surface area contributed by atoms with Crippen molar-refractivity contribution in [2.75, 3.05) is 32.4 Å². The van der Waals surface area contributed by atoms with Crippen molar-refractivity contribution in [3.63, 3.8) is 0 Å². The van der Waals surface area contributed by atoms with Crippen LogP contribution in [0.4, 0.5) is 5.69 Å². The molecule has 4 aromatic rings. The van der Waals surface area contributed by atoms with Crippen molar-refractivity contribution in [2.45, 2.75) is 5.03 Å². The topological polar surface area (TPSA) is 137 Å². The molecule has 0 bridgehead atoms. The van der Waals surface area contributed by atoms with Crippen LogP contribution in [-0.4, -0.2) is 43.9 Å². The Hall–Kier alpha value is -5.01. The number of hydrogen-bond acceptors (Lipinski definition) is 8. The number of benzene rings is 3. The Labute approximate surface area is 235 Å². The lowest BCUT2D eigenvalue weighted by Crippen LogP contribution is -2.15. The Kier molecular flexibility index (Phi) is 8.89. The molecule has 40 heavy (non-hydrogen) atoms. The molecule has 0 aliphatic carbocycles. The summed E-state index contributed by atoms with van der Waals surface area (Å²) in [5, 5.41) is 13.4. The number of anilines is 1. The molecule has 4 rings (SSSR count). The monoisotopic (exact) mass is 554 g/mol. The summed E-state index contributed by atoms with van der Waals surface area (Å²) in [5.41, 5.74) is 9.17. The molecule has 0 radical (unpaired) electrons. The predicted octanol–water partition coefficient (Wildman–Crippen LogP) is 5.14. The number of nitrogens with one attached hydrogen (secondary N) is 1. The quantitative estimate of drug-likeness (QED) is 0.257. The van der Waals surface area contributed by atoms with Gasteiger partial charge in [-0.1, -0.05) is 42.1 Å². The first-order valence-corrected chi connectivity index (χ1v) is 13.0. The van der Waals surface area contributed by atoms with E-state index in [1.54, 1.807) is 24.3 Å². The van der Waals surface area contributed by atoms with Crippen LogP contribution in [0, 0.1) is 11.3 Å². The van der Waals surface area contributed by atoms with Gasteiger partial charge in [-0.2, -0.15) is 5.26 Å². The molecule has 9 nitrogen and oxygen atoms in total. The summed E-state index contributed by atoms with van der Waals surface area (Å²) in [7, 11) is 4.57. The van der Waals surface area contributed by atoms with E-state index in [-0.39, 0.29) is 11.7 Å². The Morgan fingerprint density at radius 2 is 1.57 bits per heavy atom. The molecule has 0 fully saturated rings. The first-order valence-electron chi connectivity index (χ1n) is 12.0. The summed E-state index contributed by atoms with van der Waals surface area (Å²) < 4.78 is 16.5.